The third-order valence-electron chi connectivity index (χ3n) is 3.52. The minimum atomic E-state index is -2.42. The van der Waals surface area contributed by atoms with Crippen molar-refractivity contribution in [3.05, 3.63) is 0 Å². The third kappa shape index (κ3) is 3.37. The molecule has 0 bridgehead atoms. The molecule has 0 aromatic carbocycles. The number of rotatable bonds is 2. The van der Waals surface area contributed by atoms with Crippen LogP contribution < -0.4 is 5.32 Å². The van der Waals surface area contributed by atoms with Gasteiger partial charge in [-0.3, -0.25) is 0 Å². The average molecular weight is 233 g/mol. The summed E-state index contributed by atoms with van der Waals surface area (Å²) in [5.41, 5.74) is 0. The monoisotopic (exact) mass is 233 g/mol. The summed E-state index contributed by atoms with van der Waals surface area (Å²) in [6.07, 6.45) is 0.0467. The topological polar surface area (TPSA) is 18.5 Å². The van der Waals surface area contributed by atoms with Gasteiger partial charge in [0.15, 0.2) is 0 Å². The normalized spacial score (nSPS) is 32.8. The lowest BCUT2D eigenvalue weighted by Gasteiger charge is -2.37. The van der Waals surface area contributed by atoms with Gasteiger partial charge in [0.05, 0.1) is 0 Å². The molecule has 0 aromatic rings. The minimum absolute atomic E-state index is 0.0234. The SMILES string of the molecule is CN1CCNC(CN2CCC(F)(F)CC2)C1. The third-order valence-corrected chi connectivity index (χ3v) is 3.52. The van der Waals surface area contributed by atoms with E-state index in [0.29, 0.717) is 19.1 Å². The van der Waals surface area contributed by atoms with Gasteiger partial charge in [0.1, 0.15) is 0 Å². The van der Waals surface area contributed by atoms with Crippen LogP contribution in [0.4, 0.5) is 8.78 Å². The molecule has 2 saturated heterocycles. The molecule has 3 nitrogen and oxygen atoms in total. The first-order valence-electron chi connectivity index (χ1n) is 6.07. The van der Waals surface area contributed by atoms with E-state index in [9.17, 15) is 8.78 Å². The predicted octanol–water partition coefficient (Wildman–Crippen LogP) is 0.621. The first-order chi connectivity index (χ1) is 7.55. The van der Waals surface area contributed by atoms with Crippen LogP contribution in [0.25, 0.3) is 0 Å². The van der Waals surface area contributed by atoms with E-state index in [1.807, 2.05) is 0 Å². The zero-order valence-corrected chi connectivity index (χ0v) is 9.88. The number of hydrogen-bond acceptors (Lipinski definition) is 3. The van der Waals surface area contributed by atoms with Crippen LogP contribution in [0.3, 0.4) is 0 Å². The molecule has 2 heterocycles. The zero-order valence-electron chi connectivity index (χ0n) is 9.88. The van der Waals surface area contributed by atoms with E-state index in [1.165, 1.54) is 0 Å². The maximum atomic E-state index is 13.0. The molecule has 1 atom stereocenters. The maximum absolute atomic E-state index is 13.0. The second-order valence-electron chi connectivity index (χ2n) is 5.07. The van der Waals surface area contributed by atoms with Crippen LogP contribution in [0, 0.1) is 0 Å². The van der Waals surface area contributed by atoms with E-state index in [0.717, 1.165) is 26.2 Å². The van der Waals surface area contributed by atoms with Crippen molar-refractivity contribution >= 4 is 0 Å². The summed E-state index contributed by atoms with van der Waals surface area (Å²) >= 11 is 0. The lowest BCUT2D eigenvalue weighted by molar-refractivity contribution is -0.0570. The fraction of sp³-hybridized carbons (Fsp3) is 1.00. The van der Waals surface area contributed by atoms with Crippen molar-refractivity contribution in [3.8, 4) is 0 Å². The molecule has 0 aromatic heterocycles. The van der Waals surface area contributed by atoms with Crippen molar-refractivity contribution < 1.29 is 8.78 Å². The largest absolute Gasteiger partial charge is 0.310 e. The molecule has 0 radical (unpaired) electrons. The molecule has 2 rings (SSSR count). The standard InChI is InChI=1S/C11H21F2N3/c1-15-7-4-14-10(8-15)9-16-5-2-11(12,13)3-6-16/h10,14H,2-9H2,1H3. The number of hydrogen-bond donors (Lipinski definition) is 1. The van der Waals surface area contributed by atoms with E-state index in [4.69, 9.17) is 0 Å². The molecule has 2 aliphatic rings. The summed E-state index contributed by atoms with van der Waals surface area (Å²) in [4.78, 5) is 4.45. The Morgan fingerprint density at radius 1 is 1.25 bits per heavy atom. The summed E-state index contributed by atoms with van der Waals surface area (Å²) in [6.45, 7) is 5.08. The minimum Gasteiger partial charge on any atom is -0.310 e. The Labute approximate surface area is 95.8 Å². The van der Waals surface area contributed by atoms with E-state index < -0.39 is 5.92 Å². The van der Waals surface area contributed by atoms with Crippen molar-refractivity contribution in [2.75, 3.05) is 46.3 Å². The molecule has 1 N–H and O–H groups in total. The summed E-state index contributed by atoms with van der Waals surface area (Å²) in [5.74, 6) is -2.42. The molecule has 94 valence electrons. The predicted molar refractivity (Wildman–Crippen MR) is 59.9 cm³/mol. The van der Waals surface area contributed by atoms with Crippen molar-refractivity contribution in [2.45, 2.75) is 24.8 Å². The Morgan fingerprint density at radius 2 is 1.94 bits per heavy atom. The van der Waals surface area contributed by atoms with Crippen molar-refractivity contribution in [2.24, 2.45) is 0 Å². The van der Waals surface area contributed by atoms with Crippen LogP contribution in [-0.4, -0.2) is 68.1 Å². The van der Waals surface area contributed by atoms with Gasteiger partial charge in [-0.2, -0.15) is 0 Å². The molecule has 5 heteroatoms. The second kappa shape index (κ2) is 4.94. The van der Waals surface area contributed by atoms with Crippen molar-refractivity contribution in [1.29, 1.82) is 0 Å². The highest BCUT2D eigenvalue weighted by molar-refractivity contribution is 4.84. The zero-order chi connectivity index (χ0) is 11.6. The summed E-state index contributed by atoms with van der Waals surface area (Å²) in [6, 6.07) is 0.436. The van der Waals surface area contributed by atoms with Crippen LogP contribution in [-0.2, 0) is 0 Å². The number of nitrogens with one attached hydrogen (secondary N) is 1. The van der Waals surface area contributed by atoms with Crippen LogP contribution in [0.2, 0.25) is 0 Å². The molecule has 2 aliphatic heterocycles. The Balaban J connectivity index is 1.74. The molecule has 1 unspecified atom stereocenters. The molecule has 2 fully saturated rings. The van der Waals surface area contributed by atoms with Gasteiger partial charge in [0, 0.05) is 58.2 Å². The number of piperazine rings is 1. The van der Waals surface area contributed by atoms with E-state index >= 15 is 0 Å². The van der Waals surface area contributed by atoms with Gasteiger partial charge in [-0.1, -0.05) is 0 Å². The summed E-state index contributed by atoms with van der Waals surface area (Å²) in [7, 11) is 2.11. The van der Waals surface area contributed by atoms with Gasteiger partial charge in [0.25, 0.3) is 5.92 Å². The first-order valence-corrected chi connectivity index (χ1v) is 6.07. The van der Waals surface area contributed by atoms with Gasteiger partial charge in [-0.15, -0.1) is 0 Å². The highest BCUT2D eigenvalue weighted by Gasteiger charge is 2.34. The van der Waals surface area contributed by atoms with Crippen molar-refractivity contribution in [3.63, 3.8) is 0 Å². The van der Waals surface area contributed by atoms with Gasteiger partial charge < -0.3 is 15.1 Å². The molecule has 0 saturated carbocycles. The first kappa shape index (κ1) is 12.2. The lowest BCUT2D eigenvalue weighted by Crippen LogP contribution is -2.55. The van der Waals surface area contributed by atoms with Crippen molar-refractivity contribution in [1.82, 2.24) is 15.1 Å². The fourth-order valence-corrected chi connectivity index (χ4v) is 2.49. The van der Waals surface area contributed by atoms with E-state index in [2.05, 4.69) is 22.2 Å². The number of nitrogens with zero attached hydrogens (tertiary/aromatic N) is 2. The quantitative estimate of drug-likeness (QED) is 0.754. The summed E-state index contributed by atoms with van der Waals surface area (Å²) in [5, 5.41) is 3.45. The lowest BCUT2D eigenvalue weighted by atomic mass is 10.1. The molecule has 0 amide bonds. The molecule has 0 aliphatic carbocycles. The van der Waals surface area contributed by atoms with Gasteiger partial charge >= 0.3 is 0 Å². The fourth-order valence-electron chi connectivity index (χ4n) is 2.49. The number of likely N-dealkylation sites (N-methyl/N-ethyl adjacent to an activating group) is 1. The number of likely N-dealkylation sites (tertiary alicyclic amines) is 1. The number of piperidine rings is 1. The second-order valence-corrected chi connectivity index (χ2v) is 5.07. The van der Waals surface area contributed by atoms with Crippen LogP contribution in [0.15, 0.2) is 0 Å². The van der Waals surface area contributed by atoms with Gasteiger partial charge in [-0.05, 0) is 7.05 Å². The molecule has 0 spiro atoms. The maximum Gasteiger partial charge on any atom is 0.250 e. The average Bonchev–Trinajstić information content (AvgIpc) is 2.21. The van der Waals surface area contributed by atoms with Crippen LogP contribution in [0.1, 0.15) is 12.8 Å². The van der Waals surface area contributed by atoms with Gasteiger partial charge in [-0.25, -0.2) is 8.78 Å². The van der Waals surface area contributed by atoms with Crippen LogP contribution >= 0.6 is 0 Å². The van der Waals surface area contributed by atoms with E-state index in [-0.39, 0.29) is 12.8 Å². The van der Waals surface area contributed by atoms with Crippen LogP contribution in [0.5, 0.6) is 0 Å². The highest BCUT2D eigenvalue weighted by Crippen LogP contribution is 2.27. The molecule has 16 heavy (non-hydrogen) atoms. The smallest absolute Gasteiger partial charge is 0.250 e. The molecular formula is C11H21F2N3. The van der Waals surface area contributed by atoms with Gasteiger partial charge in [0.2, 0.25) is 0 Å². The Kier molecular flexibility index (Phi) is 3.77. The molecular weight excluding hydrogens is 212 g/mol. The number of halogens is 2. The number of alkyl halides is 2. The summed E-state index contributed by atoms with van der Waals surface area (Å²) < 4.78 is 25.9. The Bertz CT molecular complexity index is 225. The Morgan fingerprint density at radius 3 is 2.56 bits per heavy atom. The Hall–Kier alpha value is -0.260. The highest BCUT2D eigenvalue weighted by atomic mass is 19.3. The van der Waals surface area contributed by atoms with E-state index in [1.54, 1.807) is 0 Å².